The third-order valence-electron chi connectivity index (χ3n) is 3.47. The fourth-order valence-electron chi connectivity index (χ4n) is 2.53. The number of aromatic hydroxyl groups is 1. The summed E-state index contributed by atoms with van der Waals surface area (Å²) in [5.41, 5.74) is 0.408. The summed E-state index contributed by atoms with van der Waals surface area (Å²) < 4.78 is 5.12. The van der Waals surface area contributed by atoms with Crippen molar-refractivity contribution in [1.82, 2.24) is 0 Å². The van der Waals surface area contributed by atoms with Gasteiger partial charge in [0.25, 0.3) is 0 Å². The van der Waals surface area contributed by atoms with Crippen LogP contribution in [0.4, 0.5) is 0 Å². The number of aldehydes is 1. The van der Waals surface area contributed by atoms with Crippen molar-refractivity contribution in [3.05, 3.63) is 58.1 Å². The summed E-state index contributed by atoms with van der Waals surface area (Å²) in [6.45, 7) is 0. The maximum absolute atomic E-state index is 12.6. The minimum atomic E-state index is -0.494. The van der Waals surface area contributed by atoms with E-state index in [0.717, 1.165) is 6.07 Å². The second kappa shape index (κ2) is 4.56. The van der Waals surface area contributed by atoms with Crippen LogP contribution in [0.2, 0.25) is 0 Å². The lowest BCUT2D eigenvalue weighted by Crippen LogP contribution is -2.22. The Balaban J connectivity index is 2.35. The molecule has 2 aromatic rings. The summed E-state index contributed by atoms with van der Waals surface area (Å²) in [4.78, 5) is 35.9. The molecule has 0 saturated carbocycles. The first-order valence-electron chi connectivity index (χ1n) is 6.17. The van der Waals surface area contributed by atoms with E-state index in [1.807, 2.05) is 0 Å². The second-order valence-corrected chi connectivity index (χ2v) is 4.62. The predicted octanol–water partition coefficient (Wildman–Crippen LogP) is 1.99. The summed E-state index contributed by atoms with van der Waals surface area (Å²) in [6, 6.07) is 7.18. The molecule has 1 aliphatic carbocycles. The molecular formula is C16H10O5. The van der Waals surface area contributed by atoms with Crippen LogP contribution in [0.15, 0.2) is 30.3 Å². The minimum absolute atomic E-state index is 0.0304. The van der Waals surface area contributed by atoms with Gasteiger partial charge in [0.15, 0.2) is 5.78 Å². The van der Waals surface area contributed by atoms with E-state index in [-0.39, 0.29) is 39.3 Å². The lowest BCUT2D eigenvalue weighted by Gasteiger charge is -2.20. The van der Waals surface area contributed by atoms with Gasteiger partial charge in [-0.25, -0.2) is 0 Å². The molecule has 3 rings (SSSR count). The number of fused-ring (bicyclic) bond motifs is 2. The monoisotopic (exact) mass is 282 g/mol. The Morgan fingerprint density at radius 3 is 2.48 bits per heavy atom. The normalized spacial score (nSPS) is 12.6. The van der Waals surface area contributed by atoms with Gasteiger partial charge in [0, 0.05) is 16.7 Å². The van der Waals surface area contributed by atoms with E-state index in [2.05, 4.69) is 0 Å². The van der Waals surface area contributed by atoms with E-state index in [4.69, 9.17) is 4.74 Å². The smallest absolute Gasteiger partial charge is 0.201 e. The zero-order chi connectivity index (χ0) is 15.1. The van der Waals surface area contributed by atoms with Crippen LogP contribution < -0.4 is 4.74 Å². The Kier molecular flexibility index (Phi) is 2.83. The average Bonchev–Trinajstić information content (AvgIpc) is 2.50. The molecule has 0 heterocycles. The van der Waals surface area contributed by atoms with E-state index in [1.165, 1.54) is 19.2 Å². The zero-order valence-corrected chi connectivity index (χ0v) is 11.0. The number of phenolic OH excluding ortho intramolecular Hbond substituents is 1. The number of methoxy groups -OCH3 is 1. The standard InChI is InChI=1S/C16H10O5/c1-21-12-4-2-3-9-14(12)16(20)13-10(15(9)19)5-8(7-17)6-11(13)18/h2-7,18H,1H3. The quantitative estimate of drug-likeness (QED) is 0.727. The molecule has 0 aromatic heterocycles. The van der Waals surface area contributed by atoms with Gasteiger partial charge in [0.1, 0.15) is 17.8 Å². The van der Waals surface area contributed by atoms with Crippen LogP contribution in [0.1, 0.15) is 42.2 Å². The van der Waals surface area contributed by atoms with Gasteiger partial charge in [-0.05, 0) is 18.2 Å². The largest absolute Gasteiger partial charge is 0.507 e. The second-order valence-electron chi connectivity index (χ2n) is 4.62. The molecule has 0 atom stereocenters. The number of carbonyl (C=O) groups excluding carboxylic acids is 3. The summed E-state index contributed by atoms with van der Waals surface area (Å²) in [7, 11) is 1.40. The van der Waals surface area contributed by atoms with Gasteiger partial charge in [0.2, 0.25) is 5.78 Å². The van der Waals surface area contributed by atoms with Gasteiger partial charge >= 0.3 is 0 Å². The van der Waals surface area contributed by atoms with Crippen molar-refractivity contribution in [1.29, 1.82) is 0 Å². The van der Waals surface area contributed by atoms with Crippen LogP contribution in [0.3, 0.4) is 0 Å². The van der Waals surface area contributed by atoms with Crippen LogP contribution in [0, 0.1) is 0 Å². The van der Waals surface area contributed by atoms with Crippen molar-refractivity contribution in [2.45, 2.75) is 0 Å². The predicted molar refractivity (Wildman–Crippen MR) is 73.4 cm³/mol. The molecule has 0 aliphatic heterocycles. The number of ether oxygens (including phenoxy) is 1. The van der Waals surface area contributed by atoms with Crippen molar-refractivity contribution in [3.63, 3.8) is 0 Å². The van der Waals surface area contributed by atoms with Gasteiger partial charge in [-0.3, -0.25) is 14.4 Å². The van der Waals surface area contributed by atoms with Gasteiger partial charge in [-0.2, -0.15) is 0 Å². The molecule has 5 heteroatoms. The van der Waals surface area contributed by atoms with Crippen LogP contribution in [0.5, 0.6) is 11.5 Å². The molecule has 0 spiro atoms. The van der Waals surface area contributed by atoms with Gasteiger partial charge in [-0.1, -0.05) is 12.1 Å². The van der Waals surface area contributed by atoms with Crippen LogP contribution in [-0.2, 0) is 0 Å². The maximum atomic E-state index is 12.6. The van der Waals surface area contributed by atoms with Crippen LogP contribution in [0.25, 0.3) is 0 Å². The molecule has 0 unspecified atom stereocenters. The number of ketones is 2. The third kappa shape index (κ3) is 1.74. The van der Waals surface area contributed by atoms with E-state index in [9.17, 15) is 19.5 Å². The summed E-state index contributed by atoms with van der Waals surface area (Å²) >= 11 is 0. The van der Waals surface area contributed by atoms with Crippen molar-refractivity contribution < 1.29 is 24.2 Å². The van der Waals surface area contributed by atoms with Crippen LogP contribution in [-0.4, -0.2) is 30.1 Å². The molecule has 21 heavy (non-hydrogen) atoms. The van der Waals surface area contributed by atoms with Gasteiger partial charge in [0.05, 0.1) is 18.2 Å². The molecule has 2 aromatic carbocycles. The lowest BCUT2D eigenvalue weighted by molar-refractivity contribution is 0.0973. The zero-order valence-electron chi connectivity index (χ0n) is 11.0. The molecule has 104 valence electrons. The van der Waals surface area contributed by atoms with Crippen molar-refractivity contribution in [2.75, 3.05) is 7.11 Å². The molecule has 5 nitrogen and oxygen atoms in total. The minimum Gasteiger partial charge on any atom is -0.507 e. The highest BCUT2D eigenvalue weighted by atomic mass is 16.5. The summed E-state index contributed by atoms with van der Waals surface area (Å²) in [6.07, 6.45) is 0.513. The first-order chi connectivity index (χ1) is 10.1. The SMILES string of the molecule is COc1cccc2c1C(=O)c1c(O)cc(C=O)cc1C2=O. The van der Waals surface area contributed by atoms with E-state index in [0.29, 0.717) is 6.29 Å². The number of phenols is 1. The Labute approximate surface area is 119 Å². The first-order valence-corrected chi connectivity index (χ1v) is 6.17. The lowest BCUT2D eigenvalue weighted by atomic mass is 9.82. The van der Waals surface area contributed by atoms with E-state index in [1.54, 1.807) is 12.1 Å². The Hall–Kier alpha value is -2.95. The number of hydrogen-bond donors (Lipinski definition) is 1. The van der Waals surface area contributed by atoms with Crippen molar-refractivity contribution >= 4 is 17.9 Å². The Morgan fingerprint density at radius 1 is 1.05 bits per heavy atom. The topological polar surface area (TPSA) is 80.7 Å². The third-order valence-corrected chi connectivity index (χ3v) is 3.47. The molecular weight excluding hydrogens is 272 g/mol. The molecule has 0 saturated heterocycles. The van der Waals surface area contributed by atoms with Crippen molar-refractivity contribution in [3.8, 4) is 11.5 Å². The molecule has 1 aliphatic rings. The number of benzene rings is 2. The number of hydrogen-bond acceptors (Lipinski definition) is 5. The highest BCUT2D eigenvalue weighted by Gasteiger charge is 2.34. The van der Waals surface area contributed by atoms with Crippen molar-refractivity contribution in [2.24, 2.45) is 0 Å². The fourth-order valence-corrected chi connectivity index (χ4v) is 2.53. The first kappa shape index (κ1) is 13.1. The van der Waals surface area contributed by atoms with Gasteiger partial charge in [-0.15, -0.1) is 0 Å². The highest BCUT2D eigenvalue weighted by molar-refractivity contribution is 6.30. The summed E-state index contributed by atoms with van der Waals surface area (Å²) in [5, 5.41) is 9.97. The Bertz CT molecular complexity index is 805. The molecule has 0 bridgehead atoms. The van der Waals surface area contributed by atoms with E-state index < -0.39 is 11.6 Å². The molecule has 0 fully saturated rings. The van der Waals surface area contributed by atoms with E-state index >= 15 is 0 Å². The Morgan fingerprint density at radius 2 is 1.81 bits per heavy atom. The fraction of sp³-hybridized carbons (Fsp3) is 0.0625. The maximum Gasteiger partial charge on any atom is 0.201 e. The number of rotatable bonds is 2. The van der Waals surface area contributed by atoms with Gasteiger partial charge < -0.3 is 9.84 Å². The molecule has 1 N–H and O–H groups in total. The number of carbonyl (C=O) groups is 3. The molecule has 0 amide bonds. The highest BCUT2D eigenvalue weighted by Crippen LogP contribution is 2.37. The van der Waals surface area contributed by atoms with Crippen LogP contribution >= 0.6 is 0 Å². The summed E-state index contributed by atoms with van der Waals surface area (Å²) in [5.74, 6) is -1.02. The average molecular weight is 282 g/mol. The molecule has 0 radical (unpaired) electrons.